The zero-order valence-electron chi connectivity index (χ0n) is 12.2. The molecule has 0 spiro atoms. The fourth-order valence-corrected chi connectivity index (χ4v) is 4.24. The lowest BCUT2D eigenvalue weighted by Crippen LogP contribution is -2.21. The topological polar surface area (TPSA) is 92.5 Å². The van der Waals surface area contributed by atoms with Crippen LogP contribution in [0.4, 0.5) is 10.7 Å². The number of carbonyl (C=O) groups is 1. The maximum atomic E-state index is 12.1. The van der Waals surface area contributed by atoms with Crippen LogP contribution in [0, 0.1) is 0 Å². The number of hydrogen-bond donors (Lipinski definition) is 2. The molecule has 0 radical (unpaired) electrons. The predicted molar refractivity (Wildman–Crippen MR) is 83.5 cm³/mol. The van der Waals surface area contributed by atoms with Gasteiger partial charge in [-0.3, -0.25) is 4.79 Å². The quantitative estimate of drug-likeness (QED) is 0.736. The van der Waals surface area contributed by atoms with Crippen molar-refractivity contribution < 1.29 is 13.2 Å². The first-order valence-corrected chi connectivity index (χ1v) is 8.72. The molecule has 0 aliphatic heterocycles. The summed E-state index contributed by atoms with van der Waals surface area (Å²) in [5.41, 5.74) is 5.92. The van der Waals surface area contributed by atoms with Crippen molar-refractivity contribution in [1.82, 2.24) is 4.90 Å². The number of ketones is 1. The van der Waals surface area contributed by atoms with E-state index in [9.17, 15) is 13.2 Å². The molecule has 0 aliphatic carbocycles. The molecular weight excluding hydrogens is 298 g/mol. The van der Waals surface area contributed by atoms with Crippen molar-refractivity contribution in [1.29, 1.82) is 0 Å². The van der Waals surface area contributed by atoms with Crippen molar-refractivity contribution in [2.45, 2.75) is 18.7 Å². The number of nitrogens with two attached hydrogens (primary N) is 1. The molecule has 0 atom stereocenters. The van der Waals surface area contributed by atoms with Gasteiger partial charge in [-0.1, -0.05) is 6.92 Å². The highest BCUT2D eigenvalue weighted by molar-refractivity contribution is 7.91. The van der Waals surface area contributed by atoms with E-state index in [0.29, 0.717) is 16.4 Å². The predicted octanol–water partition coefficient (Wildman–Crippen LogP) is 1.30. The first kappa shape index (κ1) is 16.9. The van der Waals surface area contributed by atoms with Crippen LogP contribution in [-0.4, -0.2) is 52.0 Å². The number of nitrogen functional groups attached to an aromatic ring is 1. The second-order valence-corrected chi connectivity index (χ2v) is 7.93. The summed E-state index contributed by atoms with van der Waals surface area (Å²) >= 11 is 1.10. The van der Waals surface area contributed by atoms with Crippen LogP contribution in [-0.2, 0) is 9.84 Å². The van der Waals surface area contributed by atoms with Crippen molar-refractivity contribution in [2.24, 2.45) is 0 Å². The summed E-state index contributed by atoms with van der Waals surface area (Å²) in [6, 6.07) is 0. The molecule has 8 heteroatoms. The molecule has 0 amide bonds. The Bertz CT molecular complexity index is 591. The fraction of sp³-hybridized carbons (Fsp3) is 0.583. The van der Waals surface area contributed by atoms with Crippen LogP contribution in [0.1, 0.15) is 23.5 Å². The number of likely N-dealkylation sites (N-methyl/N-ethyl adjacent to an activating group) is 1. The highest BCUT2D eigenvalue weighted by Crippen LogP contribution is 2.39. The number of hydrogen-bond acceptors (Lipinski definition) is 7. The van der Waals surface area contributed by atoms with Gasteiger partial charge in [0.15, 0.2) is 15.6 Å². The summed E-state index contributed by atoms with van der Waals surface area (Å²) in [6.45, 7) is 4.27. The van der Waals surface area contributed by atoms with E-state index < -0.39 is 9.84 Å². The summed E-state index contributed by atoms with van der Waals surface area (Å²) in [5.74, 6) is -0.270. The van der Waals surface area contributed by atoms with E-state index in [1.807, 2.05) is 19.0 Å². The van der Waals surface area contributed by atoms with Gasteiger partial charge in [0.1, 0.15) is 9.90 Å². The van der Waals surface area contributed by atoms with Crippen molar-refractivity contribution >= 4 is 37.6 Å². The lowest BCUT2D eigenvalue weighted by molar-refractivity contribution is 0.102. The largest absolute Gasteiger partial charge is 0.396 e. The Morgan fingerprint density at radius 1 is 1.40 bits per heavy atom. The first-order valence-electron chi connectivity index (χ1n) is 6.25. The van der Waals surface area contributed by atoms with E-state index in [4.69, 9.17) is 5.73 Å². The van der Waals surface area contributed by atoms with Crippen LogP contribution in [0.15, 0.2) is 4.90 Å². The summed E-state index contributed by atoms with van der Waals surface area (Å²) in [4.78, 5) is 13.9. The third-order valence-electron chi connectivity index (χ3n) is 2.75. The molecule has 0 aliphatic rings. The van der Waals surface area contributed by atoms with Gasteiger partial charge in [-0.25, -0.2) is 8.42 Å². The van der Waals surface area contributed by atoms with Gasteiger partial charge in [0.2, 0.25) is 0 Å². The average Bonchev–Trinajstić information content (AvgIpc) is 2.66. The van der Waals surface area contributed by atoms with E-state index in [0.717, 1.165) is 17.9 Å². The molecule has 6 nitrogen and oxygen atoms in total. The molecule has 1 aromatic heterocycles. The van der Waals surface area contributed by atoms with E-state index in [1.54, 1.807) is 6.92 Å². The van der Waals surface area contributed by atoms with E-state index in [2.05, 4.69) is 5.32 Å². The minimum Gasteiger partial charge on any atom is -0.396 e. The number of thiophene rings is 1. The van der Waals surface area contributed by atoms with Crippen LogP contribution < -0.4 is 11.1 Å². The standard InChI is InChI=1S/C12H21N3O3S2/c1-5-20(17,18)11-9(13)10(8(2)16)19-12(11)14-6-7-15(3)4/h14H,5-7,13H2,1-4H3. The Morgan fingerprint density at radius 3 is 2.45 bits per heavy atom. The Kier molecular flexibility index (Phi) is 5.55. The zero-order valence-corrected chi connectivity index (χ0v) is 13.8. The number of rotatable bonds is 7. The van der Waals surface area contributed by atoms with Crippen molar-refractivity contribution in [3.63, 3.8) is 0 Å². The van der Waals surface area contributed by atoms with Crippen LogP contribution in [0.25, 0.3) is 0 Å². The molecule has 0 saturated carbocycles. The number of sulfone groups is 1. The number of nitrogens with one attached hydrogen (secondary N) is 1. The maximum absolute atomic E-state index is 12.1. The SMILES string of the molecule is CCS(=O)(=O)c1c(NCCN(C)C)sc(C(C)=O)c1N. The number of nitrogens with zero attached hydrogens (tertiary/aromatic N) is 1. The average molecular weight is 319 g/mol. The smallest absolute Gasteiger partial charge is 0.183 e. The number of Topliss-reactive ketones (excluding diaryl/α,β-unsaturated/α-hetero) is 1. The molecule has 0 aromatic carbocycles. The molecule has 1 rings (SSSR count). The fourth-order valence-electron chi connectivity index (χ4n) is 1.65. The summed E-state index contributed by atoms with van der Waals surface area (Å²) in [7, 11) is 0.386. The molecule has 0 fully saturated rings. The zero-order chi connectivity index (χ0) is 15.5. The van der Waals surface area contributed by atoms with Gasteiger partial charge in [-0.05, 0) is 14.1 Å². The maximum Gasteiger partial charge on any atom is 0.183 e. The Hall–Kier alpha value is -1.12. The van der Waals surface area contributed by atoms with Crippen molar-refractivity contribution in [3.8, 4) is 0 Å². The second-order valence-electron chi connectivity index (χ2n) is 4.69. The van der Waals surface area contributed by atoms with Crippen LogP contribution >= 0.6 is 11.3 Å². The summed E-state index contributed by atoms with van der Waals surface area (Å²) in [6.07, 6.45) is 0. The normalized spacial score (nSPS) is 11.8. The molecule has 1 heterocycles. The lowest BCUT2D eigenvalue weighted by atomic mass is 10.3. The minimum absolute atomic E-state index is 0.0480. The van der Waals surface area contributed by atoms with Crippen LogP contribution in [0.5, 0.6) is 0 Å². The Morgan fingerprint density at radius 2 is 2.00 bits per heavy atom. The van der Waals surface area contributed by atoms with Gasteiger partial charge < -0.3 is 16.0 Å². The Balaban J connectivity index is 3.21. The second kappa shape index (κ2) is 6.55. The highest BCUT2D eigenvalue weighted by atomic mass is 32.2. The third kappa shape index (κ3) is 3.71. The van der Waals surface area contributed by atoms with Gasteiger partial charge >= 0.3 is 0 Å². The molecule has 0 unspecified atom stereocenters. The molecule has 20 heavy (non-hydrogen) atoms. The van der Waals surface area contributed by atoms with E-state index >= 15 is 0 Å². The lowest BCUT2D eigenvalue weighted by Gasteiger charge is -2.11. The Labute approximate surface area is 123 Å². The third-order valence-corrected chi connectivity index (χ3v) is 5.95. The minimum atomic E-state index is -3.47. The van der Waals surface area contributed by atoms with Gasteiger partial charge in [-0.15, -0.1) is 11.3 Å². The first-order chi connectivity index (χ1) is 9.20. The van der Waals surface area contributed by atoms with Gasteiger partial charge in [-0.2, -0.15) is 0 Å². The van der Waals surface area contributed by atoms with Gasteiger partial charge in [0, 0.05) is 20.0 Å². The molecule has 0 saturated heterocycles. The number of anilines is 2. The molecular formula is C12H21N3O3S2. The van der Waals surface area contributed by atoms with Gasteiger partial charge in [0.05, 0.1) is 16.3 Å². The molecule has 0 bridgehead atoms. The summed E-state index contributed by atoms with van der Waals surface area (Å²) in [5, 5.41) is 3.52. The monoisotopic (exact) mass is 319 g/mol. The van der Waals surface area contributed by atoms with E-state index in [-0.39, 0.29) is 22.1 Å². The molecule has 3 N–H and O–H groups in total. The van der Waals surface area contributed by atoms with Crippen LogP contribution in [0.2, 0.25) is 0 Å². The molecule has 1 aromatic rings. The van der Waals surface area contributed by atoms with Gasteiger partial charge in [0.25, 0.3) is 0 Å². The van der Waals surface area contributed by atoms with Crippen molar-refractivity contribution in [2.75, 3.05) is 44.0 Å². The van der Waals surface area contributed by atoms with Crippen LogP contribution in [0.3, 0.4) is 0 Å². The molecule has 114 valence electrons. The highest BCUT2D eigenvalue weighted by Gasteiger charge is 2.27. The summed E-state index contributed by atoms with van der Waals surface area (Å²) < 4.78 is 24.3. The number of carbonyl (C=O) groups excluding carboxylic acids is 1. The van der Waals surface area contributed by atoms with E-state index in [1.165, 1.54) is 6.92 Å². The van der Waals surface area contributed by atoms with Crippen molar-refractivity contribution in [3.05, 3.63) is 4.88 Å².